The number of carbonyl (C=O) groups excluding carboxylic acids is 1. The zero-order chi connectivity index (χ0) is 17.5. The summed E-state index contributed by atoms with van der Waals surface area (Å²) in [5, 5.41) is 12.3. The third-order valence-electron chi connectivity index (χ3n) is 3.84. The fourth-order valence-electron chi connectivity index (χ4n) is 2.79. The van der Waals surface area contributed by atoms with Gasteiger partial charge in [0.05, 0.1) is 12.2 Å². The Balaban J connectivity index is 1.98. The second-order valence-electron chi connectivity index (χ2n) is 6.04. The van der Waals surface area contributed by atoms with E-state index in [0.29, 0.717) is 26.2 Å². The summed E-state index contributed by atoms with van der Waals surface area (Å²) >= 11 is 0. The molecule has 1 aromatic carbocycles. The van der Waals surface area contributed by atoms with E-state index >= 15 is 0 Å². The fourth-order valence-corrected chi connectivity index (χ4v) is 2.79. The maximum absolute atomic E-state index is 12.5. The Bertz CT molecular complexity index is 641. The van der Waals surface area contributed by atoms with Crippen LogP contribution in [0.15, 0.2) is 36.0 Å². The van der Waals surface area contributed by atoms with Crippen LogP contribution in [-0.4, -0.2) is 36.1 Å². The highest BCUT2D eigenvalue weighted by Crippen LogP contribution is 2.13. The normalized spacial score (nSPS) is 21.2. The molecule has 2 rings (SSSR count). The van der Waals surface area contributed by atoms with Gasteiger partial charge in [-0.25, -0.2) is 0 Å². The lowest BCUT2D eigenvalue weighted by molar-refractivity contribution is -0.138. The molecule has 1 aliphatic heterocycles. The smallest absolute Gasteiger partial charge is 0.266 e. The first-order valence-corrected chi connectivity index (χ1v) is 8.09. The summed E-state index contributed by atoms with van der Waals surface area (Å²) in [4.78, 5) is 14.2. The molecule has 3 N–H and O–H groups in total. The Labute approximate surface area is 142 Å². The van der Waals surface area contributed by atoms with E-state index in [9.17, 15) is 10.1 Å². The molecule has 2 unspecified atom stereocenters. The van der Waals surface area contributed by atoms with Crippen LogP contribution in [0.4, 0.5) is 0 Å². The molecule has 0 bridgehead atoms. The summed E-state index contributed by atoms with van der Waals surface area (Å²) in [6.45, 7) is 5.87. The van der Waals surface area contributed by atoms with Crippen molar-refractivity contribution in [1.29, 1.82) is 5.26 Å². The molecule has 24 heavy (non-hydrogen) atoms. The number of rotatable bonds is 5. The van der Waals surface area contributed by atoms with Crippen molar-refractivity contribution in [1.82, 2.24) is 10.2 Å². The van der Waals surface area contributed by atoms with Gasteiger partial charge in [-0.2, -0.15) is 5.26 Å². The number of hydrogen-bond acceptors (Lipinski definition) is 5. The Morgan fingerprint density at radius 3 is 2.71 bits per heavy atom. The highest BCUT2D eigenvalue weighted by atomic mass is 16.5. The molecule has 1 amide bonds. The maximum Gasteiger partial charge on any atom is 0.266 e. The molecule has 1 aliphatic rings. The molecule has 0 aliphatic carbocycles. The quantitative estimate of drug-likeness (QED) is 0.627. The lowest BCUT2D eigenvalue weighted by Gasteiger charge is -2.35. The number of hydrogen-bond donors (Lipinski definition) is 2. The predicted molar refractivity (Wildman–Crippen MR) is 91.5 cm³/mol. The molecule has 1 fully saturated rings. The molecular weight excluding hydrogens is 304 g/mol. The number of nitrogens with two attached hydrogens (primary N) is 1. The minimum atomic E-state index is -0.261. The number of nitrogens with zero attached hydrogens (tertiary/aromatic N) is 2. The van der Waals surface area contributed by atoms with Gasteiger partial charge >= 0.3 is 0 Å². The summed E-state index contributed by atoms with van der Waals surface area (Å²) in [5.74, 6) is -0.261. The minimum Gasteiger partial charge on any atom is -0.386 e. The predicted octanol–water partition coefficient (Wildman–Crippen LogP) is 1.28. The average molecular weight is 328 g/mol. The van der Waals surface area contributed by atoms with E-state index in [1.54, 1.807) is 4.90 Å². The van der Waals surface area contributed by atoms with Crippen molar-refractivity contribution in [3.63, 3.8) is 0 Å². The molecular formula is C18H24N4O2. The second kappa shape index (κ2) is 8.48. The third-order valence-corrected chi connectivity index (χ3v) is 3.84. The highest BCUT2D eigenvalue weighted by molar-refractivity contribution is 5.97. The van der Waals surface area contributed by atoms with E-state index in [1.165, 1.54) is 6.20 Å². The lowest BCUT2D eigenvalue weighted by atomic mass is 10.1. The topological polar surface area (TPSA) is 91.4 Å². The SMILES string of the molecule is CC1CN(C(=O)/C(C#N)=C\NCc2cccc(CN)c2)CC(C)O1. The maximum atomic E-state index is 12.5. The van der Waals surface area contributed by atoms with E-state index in [-0.39, 0.29) is 23.7 Å². The number of morpholine rings is 1. The van der Waals surface area contributed by atoms with Gasteiger partial charge < -0.3 is 20.7 Å². The van der Waals surface area contributed by atoms with Crippen LogP contribution in [0.1, 0.15) is 25.0 Å². The summed E-state index contributed by atoms with van der Waals surface area (Å²) in [7, 11) is 0. The van der Waals surface area contributed by atoms with Gasteiger partial charge in [-0.15, -0.1) is 0 Å². The number of nitrogens with one attached hydrogen (secondary N) is 1. The molecule has 1 saturated heterocycles. The Kier molecular flexibility index (Phi) is 6.36. The zero-order valence-electron chi connectivity index (χ0n) is 14.2. The first-order valence-electron chi connectivity index (χ1n) is 8.09. The standard InChI is InChI=1S/C18H24N4O2/c1-13-11-22(12-14(2)24-13)18(23)17(8-20)10-21-9-16-5-3-4-15(6-16)7-19/h3-6,10,13-14,21H,7,9,11-12,19H2,1-2H3/b17-10-. The summed E-state index contributed by atoms with van der Waals surface area (Å²) in [5.41, 5.74) is 7.83. The number of nitriles is 1. The van der Waals surface area contributed by atoms with Crippen molar-refractivity contribution in [2.24, 2.45) is 5.73 Å². The molecule has 0 saturated carbocycles. The average Bonchev–Trinajstić information content (AvgIpc) is 2.57. The van der Waals surface area contributed by atoms with Gasteiger partial charge in [0.2, 0.25) is 0 Å². The second-order valence-corrected chi connectivity index (χ2v) is 6.04. The first kappa shape index (κ1) is 18.0. The molecule has 128 valence electrons. The van der Waals surface area contributed by atoms with Gasteiger partial charge in [0, 0.05) is 32.4 Å². The summed E-state index contributed by atoms with van der Waals surface area (Å²) in [6.07, 6.45) is 1.44. The van der Waals surface area contributed by atoms with Crippen LogP contribution in [0, 0.1) is 11.3 Å². The monoisotopic (exact) mass is 328 g/mol. The van der Waals surface area contributed by atoms with Crippen molar-refractivity contribution in [2.45, 2.75) is 39.1 Å². The van der Waals surface area contributed by atoms with Gasteiger partial charge in [-0.1, -0.05) is 24.3 Å². The van der Waals surface area contributed by atoms with Crippen LogP contribution in [-0.2, 0) is 22.6 Å². The Morgan fingerprint density at radius 2 is 2.08 bits per heavy atom. The van der Waals surface area contributed by atoms with Crippen molar-refractivity contribution in [2.75, 3.05) is 13.1 Å². The molecule has 1 aromatic rings. The van der Waals surface area contributed by atoms with Gasteiger partial charge in [-0.05, 0) is 25.0 Å². The van der Waals surface area contributed by atoms with Gasteiger partial charge in [-0.3, -0.25) is 4.79 Å². The number of ether oxygens (including phenoxy) is 1. The van der Waals surface area contributed by atoms with Crippen molar-refractivity contribution < 1.29 is 9.53 Å². The van der Waals surface area contributed by atoms with Crippen LogP contribution in [0.5, 0.6) is 0 Å². The molecule has 6 nitrogen and oxygen atoms in total. The highest BCUT2D eigenvalue weighted by Gasteiger charge is 2.27. The van der Waals surface area contributed by atoms with Crippen molar-refractivity contribution >= 4 is 5.91 Å². The van der Waals surface area contributed by atoms with Gasteiger partial charge in [0.25, 0.3) is 5.91 Å². The largest absolute Gasteiger partial charge is 0.386 e. The molecule has 0 aromatic heterocycles. The van der Waals surface area contributed by atoms with Crippen LogP contribution in [0.3, 0.4) is 0 Å². The van der Waals surface area contributed by atoms with E-state index in [4.69, 9.17) is 10.5 Å². The van der Waals surface area contributed by atoms with E-state index in [2.05, 4.69) is 5.32 Å². The third kappa shape index (κ3) is 4.82. The van der Waals surface area contributed by atoms with Crippen LogP contribution in [0.25, 0.3) is 0 Å². The fraction of sp³-hybridized carbons (Fsp3) is 0.444. The molecule has 0 spiro atoms. The zero-order valence-corrected chi connectivity index (χ0v) is 14.2. The molecule has 0 radical (unpaired) electrons. The molecule has 6 heteroatoms. The van der Waals surface area contributed by atoms with Gasteiger partial charge in [0.15, 0.2) is 0 Å². The van der Waals surface area contributed by atoms with Crippen molar-refractivity contribution in [3.8, 4) is 6.07 Å². The Hall–Kier alpha value is -2.36. The van der Waals surface area contributed by atoms with E-state index in [0.717, 1.165) is 11.1 Å². The van der Waals surface area contributed by atoms with Crippen molar-refractivity contribution in [3.05, 3.63) is 47.2 Å². The summed E-state index contributed by atoms with van der Waals surface area (Å²) in [6, 6.07) is 9.86. The molecule has 2 atom stereocenters. The van der Waals surface area contributed by atoms with Gasteiger partial charge in [0.1, 0.15) is 11.6 Å². The lowest BCUT2D eigenvalue weighted by Crippen LogP contribution is -2.48. The molecule has 1 heterocycles. The number of carbonyl (C=O) groups is 1. The van der Waals surface area contributed by atoms with E-state index in [1.807, 2.05) is 44.2 Å². The van der Waals surface area contributed by atoms with Crippen LogP contribution < -0.4 is 11.1 Å². The number of amides is 1. The van der Waals surface area contributed by atoms with Crippen LogP contribution in [0.2, 0.25) is 0 Å². The minimum absolute atomic E-state index is 0.0235. The van der Waals surface area contributed by atoms with Crippen LogP contribution >= 0.6 is 0 Å². The number of benzene rings is 1. The summed E-state index contributed by atoms with van der Waals surface area (Å²) < 4.78 is 5.62. The first-order chi connectivity index (χ1) is 11.5. The Morgan fingerprint density at radius 1 is 1.42 bits per heavy atom. The van der Waals surface area contributed by atoms with E-state index < -0.39 is 0 Å².